The van der Waals surface area contributed by atoms with Crippen LogP contribution in [0.15, 0.2) is 59.8 Å². The largest absolute Gasteiger partial charge is 0.468 e. The summed E-state index contributed by atoms with van der Waals surface area (Å²) < 4.78 is 17.3. The van der Waals surface area contributed by atoms with Gasteiger partial charge in [0.15, 0.2) is 0 Å². The van der Waals surface area contributed by atoms with Crippen molar-refractivity contribution in [2.75, 3.05) is 7.11 Å². The molecule has 1 aromatic heterocycles. The van der Waals surface area contributed by atoms with E-state index in [1.807, 2.05) is 30.3 Å². The third-order valence-corrected chi connectivity index (χ3v) is 4.94. The number of aryl methyl sites for hydroxylation is 1. The number of pyridine rings is 1. The summed E-state index contributed by atoms with van der Waals surface area (Å²) in [5.41, 5.74) is 1.20. The molecule has 116 valence electrons. The van der Waals surface area contributed by atoms with Crippen molar-refractivity contribution in [3.8, 4) is 0 Å². The van der Waals surface area contributed by atoms with Gasteiger partial charge in [-0.3, -0.25) is 9.00 Å². The first-order valence-corrected chi connectivity index (χ1v) is 8.37. The van der Waals surface area contributed by atoms with E-state index in [0.717, 1.165) is 12.8 Å². The molecular formula is C17H19NO3S. The molecule has 0 radical (unpaired) electrons. The lowest BCUT2D eigenvalue weighted by molar-refractivity contribution is -0.140. The van der Waals surface area contributed by atoms with E-state index in [2.05, 4.69) is 4.98 Å². The van der Waals surface area contributed by atoms with Crippen LogP contribution in [-0.2, 0) is 26.8 Å². The van der Waals surface area contributed by atoms with Crippen LogP contribution in [0.25, 0.3) is 0 Å². The first-order valence-electron chi connectivity index (χ1n) is 7.15. The van der Waals surface area contributed by atoms with Gasteiger partial charge in [-0.25, -0.2) is 4.98 Å². The third-order valence-electron chi connectivity index (χ3n) is 3.34. The molecule has 0 spiro atoms. The number of carbonyl (C=O) groups is 1. The normalized spacial score (nSPS) is 13.3. The lowest BCUT2D eigenvalue weighted by atomic mass is 10.1. The topological polar surface area (TPSA) is 56.3 Å². The Kier molecular flexibility index (Phi) is 6.27. The fourth-order valence-corrected chi connectivity index (χ4v) is 3.51. The number of nitrogens with zero attached hydrogens (tertiary/aromatic N) is 1. The van der Waals surface area contributed by atoms with Crippen molar-refractivity contribution >= 4 is 16.8 Å². The predicted molar refractivity (Wildman–Crippen MR) is 85.8 cm³/mol. The summed E-state index contributed by atoms with van der Waals surface area (Å²) in [7, 11) is -0.173. The van der Waals surface area contributed by atoms with Crippen molar-refractivity contribution in [1.29, 1.82) is 0 Å². The Hall–Kier alpha value is -2.01. The van der Waals surface area contributed by atoms with E-state index in [4.69, 9.17) is 4.74 Å². The zero-order valence-electron chi connectivity index (χ0n) is 12.5. The predicted octanol–water partition coefficient (Wildman–Crippen LogP) is 2.75. The van der Waals surface area contributed by atoms with Crippen molar-refractivity contribution in [1.82, 2.24) is 4.98 Å². The summed E-state index contributed by atoms with van der Waals surface area (Å²) >= 11 is 0. The molecule has 2 aromatic rings. The van der Waals surface area contributed by atoms with Crippen LogP contribution in [0.3, 0.4) is 0 Å². The Labute approximate surface area is 133 Å². The molecule has 0 saturated carbocycles. The smallest absolute Gasteiger partial charge is 0.321 e. The zero-order chi connectivity index (χ0) is 15.8. The molecule has 0 aliphatic carbocycles. The van der Waals surface area contributed by atoms with Crippen LogP contribution in [0, 0.1) is 0 Å². The van der Waals surface area contributed by atoms with Crippen LogP contribution in [-0.4, -0.2) is 27.5 Å². The molecule has 0 aliphatic heterocycles. The first kappa shape index (κ1) is 16.4. The first-order chi connectivity index (χ1) is 10.7. The van der Waals surface area contributed by atoms with Gasteiger partial charge in [-0.05, 0) is 37.0 Å². The maximum atomic E-state index is 12.5. The highest BCUT2D eigenvalue weighted by Gasteiger charge is 2.27. The molecule has 0 N–H and O–H groups in total. The van der Waals surface area contributed by atoms with Gasteiger partial charge in [-0.15, -0.1) is 0 Å². The highest BCUT2D eigenvalue weighted by atomic mass is 32.2. The van der Waals surface area contributed by atoms with E-state index < -0.39 is 22.0 Å². The van der Waals surface area contributed by atoms with Gasteiger partial charge in [0.05, 0.1) is 17.9 Å². The highest BCUT2D eigenvalue weighted by Crippen LogP contribution is 2.16. The lowest BCUT2D eigenvalue weighted by Gasteiger charge is -2.13. The summed E-state index contributed by atoms with van der Waals surface area (Å²) in [6.45, 7) is 0. The van der Waals surface area contributed by atoms with E-state index in [-0.39, 0.29) is 0 Å². The second-order valence-electron chi connectivity index (χ2n) is 4.86. The van der Waals surface area contributed by atoms with E-state index in [1.165, 1.54) is 12.7 Å². The van der Waals surface area contributed by atoms with Gasteiger partial charge < -0.3 is 4.74 Å². The Morgan fingerprint density at radius 3 is 2.55 bits per heavy atom. The molecule has 1 aromatic carbocycles. The molecule has 2 rings (SSSR count). The Morgan fingerprint density at radius 2 is 1.91 bits per heavy atom. The number of benzene rings is 1. The lowest BCUT2D eigenvalue weighted by Crippen LogP contribution is -2.28. The van der Waals surface area contributed by atoms with Gasteiger partial charge in [0.25, 0.3) is 0 Å². The summed E-state index contributed by atoms with van der Waals surface area (Å²) in [5.74, 6) is -0.447. The van der Waals surface area contributed by atoms with Gasteiger partial charge in [-0.2, -0.15) is 0 Å². The monoisotopic (exact) mass is 317 g/mol. The number of ether oxygens (including phenoxy) is 1. The fraction of sp³-hybridized carbons (Fsp3) is 0.294. The van der Waals surface area contributed by atoms with Crippen molar-refractivity contribution < 1.29 is 13.7 Å². The molecule has 22 heavy (non-hydrogen) atoms. The second kappa shape index (κ2) is 8.44. The number of esters is 1. The number of carbonyl (C=O) groups excluding carboxylic acids is 1. The molecule has 2 unspecified atom stereocenters. The highest BCUT2D eigenvalue weighted by molar-refractivity contribution is 7.86. The van der Waals surface area contributed by atoms with Gasteiger partial charge in [0.1, 0.15) is 10.3 Å². The summed E-state index contributed by atoms with van der Waals surface area (Å²) in [6.07, 6.45) is 3.69. The number of hydrogen-bond acceptors (Lipinski definition) is 4. The SMILES string of the molecule is COC(=O)C(CCCc1ccccc1)S(=O)c1ccccn1. The van der Waals surface area contributed by atoms with E-state index >= 15 is 0 Å². The Balaban J connectivity index is 2.01. The molecule has 0 fully saturated rings. The van der Waals surface area contributed by atoms with Crippen LogP contribution in [0.2, 0.25) is 0 Å². The minimum Gasteiger partial charge on any atom is -0.468 e. The standard InChI is InChI=1S/C17H19NO3S/c1-21-17(19)15(22(20)16-12-5-6-13-18-16)11-7-10-14-8-3-2-4-9-14/h2-6,8-9,12-13,15H,7,10-11H2,1H3. The molecule has 1 heterocycles. The summed E-state index contributed by atoms with van der Waals surface area (Å²) in [5, 5.41) is -0.263. The van der Waals surface area contributed by atoms with Gasteiger partial charge in [0, 0.05) is 6.20 Å². The van der Waals surface area contributed by atoms with Crippen molar-refractivity contribution in [2.24, 2.45) is 0 Å². The van der Waals surface area contributed by atoms with Crippen molar-refractivity contribution in [3.63, 3.8) is 0 Å². The molecule has 0 amide bonds. The number of hydrogen-bond donors (Lipinski definition) is 0. The maximum absolute atomic E-state index is 12.5. The van der Waals surface area contributed by atoms with Crippen LogP contribution in [0.5, 0.6) is 0 Å². The molecule has 0 bridgehead atoms. The number of methoxy groups -OCH3 is 1. The molecule has 4 nitrogen and oxygen atoms in total. The number of rotatable bonds is 7. The molecular weight excluding hydrogens is 298 g/mol. The van der Waals surface area contributed by atoms with Crippen molar-refractivity contribution in [3.05, 3.63) is 60.3 Å². The van der Waals surface area contributed by atoms with Crippen LogP contribution in [0.4, 0.5) is 0 Å². The van der Waals surface area contributed by atoms with Gasteiger partial charge in [0.2, 0.25) is 0 Å². The molecule has 2 atom stereocenters. The van der Waals surface area contributed by atoms with E-state index in [1.54, 1.807) is 24.4 Å². The Bertz CT molecular complexity index is 616. The van der Waals surface area contributed by atoms with Crippen LogP contribution >= 0.6 is 0 Å². The number of aromatic nitrogens is 1. The average molecular weight is 317 g/mol. The van der Waals surface area contributed by atoms with E-state index in [9.17, 15) is 9.00 Å². The van der Waals surface area contributed by atoms with Crippen molar-refractivity contribution in [2.45, 2.75) is 29.5 Å². The molecule has 0 saturated heterocycles. The van der Waals surface area contributed by atoms with Gasteiger partial charge in [-0.1, -0.05) is 36.4 Å². The quantitative estimate of drug-likeness (QED) is 0.737. The Morgan fingerprint density at radius 1 is 1.18 bits per heavy atom. The summed E-state index contributed by atoms with van der Waals surface area (Å²) in [6, 6.07) is 15.2. The van der Waals surface area contributed by atoms with Crippen LogP contribution < -0.4 is 0 Å². The van der Waals surface area contributed by atoms with Crippen LogP contribution in [0.1, 0.15) is 18.4 Å². The maximum Gasteiger partial charge on any atom is 0.321 e. The second-order valence-corrected chi connectivity index (χ2v) is 6.44. The molecule has 5 heteroatoms. The minimum absolute atomic E-state index is 0.414. The molecule has 0 aliphatic rings. The fourth-order valence-electron chi connectivity index (χ4n) is 2.19. The van der Waals surface area contributed by atoms with E-state index in [0.29, 0.717) is 11.4 Å². The average Bonchev–Trinajstić information content (AvgIpc) is 2.59. The van der Waals surface area contributed by atoms with Gasteiger partial charge >= 0.3 is 5.97 Å². The third kappa shape index (κ3) is 4.49. The zero-order valence-corrected chi connectivity index (χ0v) is 13.3. The summed E-state index contributed by atoms with van der Waals surface area (Å²) in [4.78, 5) is 16.0. The minimum atomic E-state index is -1.49.